The molecule has 0 fully saturated rings. The fourth-order valence-corrected chi connectivity index (χ4v) is 4.00. The number of aryl methyl sites for hydroxylation is 1. The first-order valence-electron chi connectivity index (χ1n) is 10.5. The highest BCUT2D eigenvalue weighted by Gasteiger charge is 2.42. The third kappa shape index (κ3) is 3.88. The molecule has 3 aromatic rings. The molecule has 31 heavy (non-hydrogen) atoms. The first-order valence-corrected chi connectivity index (χ1v) is 10.5. The fraction of sp³-hybridized carbons (Fsp3) is 0.333. The number of hydrogen-bond acceptors (Lipinski definition) is 5. The van der Waals surface area contributed by atoms with Crippen LogP contribution in [0.5, 0.6) is 11.5 Å². The van der Waals surface area contributed by atoms with Crippen molar-refractivity contribution in [3.8, 4) is 22.8 Å². The van der Waals surface area contributed by atoms with Crippen LogP contribution in [0.2, 0.25) is 0 Å². The van der Waals surface area contributed by atoms with Crippen molar-refractivity contribution >= 4 is 5.91 Å². The fourth-order valence-electron chi connectivity index (χ4n) is 4.00. The van der Waals surface area contributed by atoms with Gasteiger partial charge in [0.2, 0.25) is 0 Å². The number of amides is 1. The average Bonchev–Trinajstić information content (AvgIpc) is 3.31. The SMILES string of the molecule is CCCOc1cccc([C@H]2c3c(-c4cc(C)ccc4O)n[nH]c3C(=O)N2CCOC)c1. The molecule has 2 N–H and O–H groups in total. The molecule has 0 saturated heterocycles. The van der Waals surface area contributed by atoms with Crippen LogP contribution >= 0.6 is 0 Å². The maximum atomic E-state index is 13.2. The predicted molar refractivity (Wildman–Crippen MR) is 117 cm³/mol. The molecule has 0 radical (unpaired) electrons. The maximum Gasteiger partial charge on any atom is 0.273 e. The van der Waals surface area contributed by atoms with Gasteiger partial charge in [-0.25, -0.2) is 0 Å². The maximum absolute atomic E-state index is 13.2. The lowest BCUT2D eigenvalue weighted by Crippen LogP contribution is -2.32. The number of methoxy groups -OCH3 is 1. The van der Waals surface area contributed by atoms with Crippen molar-refractivity contribution in [2.75, 3.05) is 26.9 Å². The van der Waals surface area contributed by atoms with Gasteiger partial charge >= 0.3 is 0 Å². The number of H-pyrrole nitrogens is 1. The topological polar surface area (TPSA) is 87.7 Å². The minimum atomic E-state index is -0.364. The van der Waals surface area contributed by atoms with Crippen molar-refractivity contribution in [2.45, 2.75) is 26.3 Å². The summed E-state index contributed by atoms with van der Waals surface area (Å²) in [7, 11) is 1.62. The molecule has 1 aliphatic rings. The Hall–Kier alpha value is -3.32. The van der Waals surface area contributed by atoms with E-state index < -0.39 is 0 Å². The smallest absolute Gasteiger partial charge is 0.273 e. The number of benzene rings is 2. The Bertz CT molecular complexity index is 1090. The highest BCUT2D eigenvalue weighted by molar-refractivity contribution is 6.00. The van der Waals surface area contributed by atoms with Gasteiger partial charge in [-0.15, -0.1) is 0 Å². The number of carbonyl (C=O) groups excluding carboxylic acids is 1. The summed E-state index contributed by atoms with van der Waals surface area (Å²) < 4.78 is 11.1. The third-order valence-corrected chi connectivity index (χ3v) is 5.45. The minimum Gasteiger partial charge on any atom is -0.507 e. The summed E-state index contributed by atoms with van der Waals surface area (Å²) in [6, 6.07) is 12.8. The number of phenols is 1. The van der Waals surface area contributed by atoms with Crippen LogP contribution in [0.25, 0.3) is 11.3 Å². The quantitative estimate of drug-likeness (QED) is 0.572. The number of rotatable bonds is 8. The average molecular weight is 421 g/mol. The van der Waals surface area contributed by atoms with Crippen LogP contribution in [0.1, 0.15) is 46.6 Å². The highest BCUT2D eigenvalue weighted by Crippen LogP contribution is 2.44. The van der Waals surface area contributed by atoms with Crippen LogP contribution < -0.4 is 4.74 Å². The van der Waals surface area contributed by atoms with Crippen molar-refractivity contribution in [3.05, 3.63) is 64.8 Å². The summed E-state index contributed by atoms with van der Waals surface area (Å²) in [6.45, 7) is 5.49. The zero-order valence-corrected chi connectivity index (χ0v) is 18.0. The van der Waals surface area contributed by atoms with Crippen LogP contribution in [0, 0.1) is 6.92 Å². The zero-order chi connectivity index (χ0) is 22.0. The van der Waals surface area contributed by atoms with Gasteiger partial charge in [0.05, 0.1) is 19.3 Å². The lowest BCUT2D eigenvalue weighted by molar-refractivity contribution is 0.0677. The second kappa shape index (κ2) is 8.81. The second-order valence-electron chi connectivity index (χ2n) is 7.70. The van der Waals surface area contributed by atoms with Crippen LogP contribution in [-0.2, 0) is 4.74 Å². The Morgan fingerprint density at radius 2 is 2.03 bits per heavy atom. The molecule has 0 aliphatic carbocycles. The summed E-state index contributed by atoms with van der Waals surface area (Å²) in [6.07, 6.45) is 0.911. The Labute approximate surface area is 181 Å². The van der Waals surface area contributed by atoms with E-state index in [1.54, 1.807) is 18.1 Å². The number of fused-ring (bicyclic) bond motifs is 1. The van der Waals surface area contributed by atoms with Gasteiger partial charge in [0.1, 0.15) is 22.9 Å². The van der Waals surface area contributed by atoms with E-state index in [-0.39, 0.29) is 17.7 Å². The lowest BCUT2D eigenvalue weighted by atomic mass is 9.95. The van der Waals surface area contributed by atoms with Gasteiger partial charge in [0, 0.05) is 24.8 Å². The summed E-state index contributed by atoms with van der Waals surface area (Å²) in [5.41, 5.74) is 4.30. The number of aromatic hydroxyl groups is 1. The molecule has 162 valence electrons. The highest BCUT2D eigenvalue weighted by atomic mass is 16.5. The number of aromatic nitrogens is 2. The number of hydrogen-bond donors (Lipinski definition) is 2. The summed E-state index contributed by atoms with van der Waals surface area (Å²) >= 11 is 0. The first kappa shape index (κ1) is 20.9. The van der Waals surface area contributed by atoms with E-state index in [2.05, 4.69) is 17.1 Å². The number of aromatic amines is 1. The molecular weight excluding hydrogens is 394 g/mol. The van der Waals surface area contributed by atoms with E-state index in [4.69, 9.17) is 9.47 Å². The summed E-state index contributed by atoms with van der Waals surface area (Å²) in [4.78, 5) is 15.0. The summed E-state index contributed by atoms with van der Waals surface area (Å²) in [5, 5.41) is 17.9. The molecule has 7 nitrogen and oxygen atoms in total. The molecule has 0 bridgehead atoms. The Balaban J connectivity index is 1.85. The molecule has 4 rings (SSSR count). The van der Waals surface area contributed by atoms with Gasteiger partial charge in [0.15, 0.2) is 0 Å². The van der Waals surface area contributed by atoms with Gasteiger partial charge in [-0.2, -0.15) is 5.10 Å². The van der Waals surface area contributed by atoms with Crippen LogP contribution in [-0.4, -0.2) is 53.0 Å². The standard InChI is InChI=1S/C24H27N3O4/c1-4-11-31-17-7-5-6-16(14-17)23-20-21(18-13-15(2)8-9-19(18)28)25-26-22(20)24(29)27(23)10-12-30-3/h5-9,13-14,23,28H,4,10-12H2,1-3H3,(H,25,26)/t23-/m0/s1. The Morgan fingerprint density at radius 1 is 1.19 bits per heavy atom. The van der Waals surface area contributed by atoms with Crippen molar-refractivity contribution in [1.82, 2.24) is 15.1 Å². The second-order valence-corrected chi connectivity index (χ2v) is 7.70. The van der Waals surface area contributed by atoms with E-state index in [1.165, 1.54) is 0 Å². The van der Waals surface area contributed by atoms with Gasteiger partial charge in [0.25, 0.3) is 5.91 Å². The molecule has 2 heterocycles. The minimum absolute atomic E-state index is 0.126. The third-order valence-electron chi connectivity index (χ3n) is 5.45. The van der Waals surface area contributed by atoms with Crippen molar-refractivity contribution < 1.29 is 19.4 Å². The number of ether oxygens (including phenoxy) is 2. The lowest BCUT2D eigenvalue weighted by Gasteiger charge is -2.26. The van der Waals surface area contributed by atoms with Gasteiger partial charge in [-0.05, 0) is 43.2 Å². The van der Waals surface area contributed by atoms with E-state index in [1.807, 2.05) is 43.3 Å². The molecular formula is C24H27N3O4. The largest absolute Gasteiger partial charge is 0.507 e. The Morgan fingerprint density at radius 3 is 2.81 bits per heavy atom. The summed E-state index contributed by atoms with van der Waals surface area (Å²) in [5.74, 6) is 0.750. The molecule has 1 atom stereocenters. The molecule has 0 spiro atoms. The van der Waals surface area contributed by atoms with Crippen LogP contribution in [0.15, 0.2) is 42.5 Å². The first-order chi connectivity index (χ1) is 15.0. The number of nitrogens with zero attached hydrogens (tertiary/aromatic N) is 2. The van der Waals surface area contributed by atoms with Crippen molar-refractivity contribution in [1.29, 1.82) is 0 Å². The molecule has 2 aromatic carbocycles. The van der Waals surface area contributed by atoms with E-state index in [0.29, 0.717) is 36.7 Å². The zero-order valence-electron chi connectivity index (χ0n) is 18.0. The van der Waals surface area contributed by atoms with E-state index in [9.17, 15) is 9.90 Å². The monoisotopic (exact) mass is 421 g/mol. The van der Waals surface area contributed by atoms with Crippen molar-refractivity contribution in [2.24, 2.45) is 0 Å². The van der Waals surface area contributed by atoms with Crippen LogP contribution in [0.4, 0.5) is 0 Å². The van der Waals surface area contributed by atoms with Crippen LogP contribution in [0.3, 0.4) is 0 Å². The molecule has 1 amide bonds. The normalized spacial score (nSPS) is 15.4. The molecule has 1 aliphatic heterocycles. The predicted octanol–water partition coefficient (Wildman–Crippen LogP) is 4.07. The molecule has 1 aromatic heterocycles. The van der Waals surface area contributed by atoms with Crippen molar-refractivity contribution in [3.63, 3.8) is 0 Å². The molecule has 0 saturated carbocycles. The molecule has 7 heteroatoms. The molecule has 0 unspecified atom stereocenters. The number of nitrogens with one attached hydrogen (secondary N) is 1. The van der Waals surface area contributed by atoms with E-state index >= 15 is 0 Å². The van der Waals surface area contributed by atoms with Gasteiger partial charge < -0.3 is 19.5 Å². The number of phenolic OH excluding ortho intramolecular Hbond substituents is 1. The Kier molecular flexibility index (Phi) is 5.95. The van der Waals surface area contributed by atoms with Gasteiger partial charge in [-0.3, -0.25) is 9.89 Å². The van der Waals surface area contributed by atoms with E-state index in [0.717, 1.165) is 28.9 Å². The number of carbonyl (C=O) groups is 1. The van der Waals surface area contributed by atoms with Gasteiger partial charge in [-0.1, -0.05) is 30.7 Å².